The molecule has 0 spiro atoms. The van der Waals surface area contributed by atoms with E-state index in [0.29, 0.717) is 0 Å². The molecule has 0 unspecified atom stereocenters. The normalized spacial score (nSPS) is 16.6. The van der Waals surface area contributed by atoms with Crippen molar-refractivity contribution in [2.45, 2.75) is 18.3 Å². The topological polar surface area (TPSA) is 54.7 Å². The molecule has 0 amide bonds. The van der Waals surface area contributed by atoms with Crippen molar-refractivity contribution in [3.05, 3.63) is 59.9 Å². The van der Waals surface area contributed by atoms with E-state index in [9.17, 15) is 0 Å². The number of nitrogens with two attached hydrogens (primary N) is 1. The van der Waals surface area contributed by atoms with Crippen LogP contribution in [0.1, 0.15) is 24.2 Å². The average Bonchev–Trinajstić information content (AvgIpc) is 3.13. The van der Waals surface area contributed by atoms with Crippen LogP contribution in [0, 0.1) is 0 Å². The van der Waals surface area contributed by atoms with E-state index in [4.69, 9.17) is 10.7 Å². The van der Waals surface area contributed by atoms with Crippen LogP contribution in [-0.4, -0.2) is 9.97 Å². The van der Waals surface area contributed by atoms with Gasteiger partial charge in [-0.25, -0.2) is 4.98 Å². The zero-order valence-electron chi connectivity index (χ0n) is 10.6. The highest BCUT2D eigenvalue weighted by atomic mass is 15.0. The predicted molar refractivity (Wildman–Crippen MR) is 77.0 cm³/mol. The smallest absolute Gasteiger partial charge is 0.117 e. The second-order valence-corrected chi connectivity index (χ2v) is 5.31. The summed E-state index contributed by atoms with van der Waals surface area (Å²) in [5, 5.41) is 0. The van der Waals surface area contributed by atoms with E-state index in [2.05, 4.69) is 23.2 Å². The Kier molecular flexibility index (Phi) is 2.01. The van der Waals surface area contributed by atoms with Gasteiger partial charge < -0.3 is 10.7 Å². The lowest BCUT2D eigenvalue weighted by Crippen LogP contribution is -2.10. The Morgan fingerprint density at radius 1 is 1.00 bits per heavy atom. The molecule has 0 saturated heterocycles. The lowest BCUT2D eigenvalue weighted by molar-refractivity contribution is 0.779. The number of nitrogens with one attached hydrogen (secondary N) is 1. The number of imidazole rings is 1. The van der Waals surface area contributed by atoms with Gasteiger partial charge in [-0.3, -0.25) is 0 Å². The molecule has 3 nitrogen and oxygen atoms in total. The van der Waals surface area contributed by atoms with Gasteiger partial charge in [-0.1, -0.05) is 24.3 Å². The molecule has 19 heavy (non-hydrogen) atoms. The van der Waals surface area contributed by atoms with Crippen molar-refractivity contribution in [2.24, 2.45) is 0 Å². The Balaban J connectivity index is 1.84. The molecule has 0 aliphatic heterocycles. The fourth-order valence-electron chi connectivity index (χ4n) is 2.77. The van der Waals surface area contributed by atoms with E-state index in [0.717, 1.165) is 35.4 Å². The van der Waals surface area contributed by atoms with Crippen molar-refractivity contribution in [2.75, 3.05) is 5.73 Å². The maximum absolute atomic E-state index is 5.77. The van der Waals surface area contributed by atoms with Gasteiger partial charge in [0.15, 0.2) is 0 Å². The summed E-state index contributed by atoms with van der Waals surface area (Å²) in [5.41, 5.74) is 10.1. The van der Waals surface area contributed by atoms with Crippen LogP contribution in [0.4, 0.5) is 5.69 Å². The molecule has 1 saturated carbocycles. The molecule has 1 aromatic heterocycles. The molecule has 1 aliphatic rings. The lowest BCUT2D eigenvalue weighted by Gasteiger charge is -2.12. The quantitative estimate of drug-likeness (QED) is 0.685. The van der Waals surface area contributed by atoms with E-state index in [-0.39, 0.29) is 5.41 Å². The van der Waals surface area contributed by atoms with Crippen LogP contribution in [-0.2, 0) is 5.41 Å². The summed E-state index contributed by atoms with van der Waals surface area (Å²) in [7, 11) is 0. The number of fused-ring (bicyclic) bond motifs is 1. The number of para-hydroxylation sites is 2. The lowest BCUT2D eigenvalue weighted by atomic mass is 9.95. The number of aromatic amines is 1. The third kappa shape index (κ3) is 1.55. The third-order valence-electron chi connectivity index (χ3n) is 4.06. The summed E-state index contributed by atoms with van der Waals surface area (Å²) in [6.45, 7) is 0. The molecule has 0 atom stereocenters. The molecule has 3 heteroatoms. The van der Waals surface area contributed by atoms with Gasteiger partial charge in [-0.15, -0.1) is 0 Å². The Hall–Kier alpha value is -2.29. The number of nitrogen functional groups attached to an aromatic ring is 1. The summed E-state index contributed by atoms with van der Waals surface area (Å²) >= 11 is 0. The number of anilines is 1. The van der Waals surface area contributed by atoms with Crippen molar-refractivity contribution in [1.82, 2.24) is 9.97 Å². The van der Waals surface area contributed by atoms with Gasteiger partial charge in [0.1, 0.15) is 5.82 Å². The molecule has 94 valence electrons. The molecule has 1 fully saturated rings. The van der Waals surface area contributed by atoms with E-state index in [1.54, 1.807) is 0 Å². The van der Waals surface area contributed by atoms with Gasteiger partial charge in [-0.05, 0) is 42.7 Å². The zero-order valence-corrected chi connectivity index (χ0v) is 10.6. The van der Waals surface area contributed by atoms with Crippen LogP contribution in [0.5, 0.6) is 0 Å². The summed E-state index contributed by atoms with van der Waals surface area (Å²) in [4.78, 5) is 8.23. The van der Waals surface area contributed by atoms with Crippen LogP contribution >= 0.6 is 0 Å². The first-order valence-electron chi connectivity index (χ1n) is 6.59. The highest BCUT2D eigenvalue weighted by Gasteiger charge is 2.48. The van der Waals surface area contributed by atoms with E-state index in [1.807, 2.05) is 30.3 Å². The molecule has 4 rings (SSSR count). The fourth-order valence-corrected chi connectivity index (χ4v) is 2.77. The van der Waals surface area contributed by atoms with E-state index < -0.39 is 0 Å². The Labute approximate surface area is 111 Å². The van der Waals surface area contributed by atoms with Crippen LogP contribution in [0.2, 0.25) is 0 Å². The molecule has 3 N–H and O–H groups in total. The zero-order chi connectivity index (χ0) is 12.9. The van der Waals surface area contributed by atoms with Gasteiger partial charge >= 0.3 is 0 Å². The van der Waals surface area contributed by atoms with Gasteiger partial charge in [0.2, 0.25) is 0 Å². The monoisotopic (exact) mass is 249 g/mol. The molecule has 3 aromatic rings. The van der Waals surface area contributed by atoms with Crippen molar-refractivity contribution >= 4 is 16.7 Å². The maximum atomic E-state index is 5.77. The van der Waals surface area contributed by atoms with E-state index in [1.165, 1.54) is 5.56 Å². The van der Waals surface area contributed by atoms with Crippen molar-refractivity contribution in [1.29, 1.82) is 0 Å². The number of H-pyrrole nitrogens is 1. The number of aromatic nitrogens is 2. The summed E-state index contributed by atoms with van der Waals surface area (Å²) in [5.74, 6) is 1.08. The summed E-state index contributed by atoms with van der Waals surface area (Å²) in [6, 6.07) is 16.4. The minimum absolute atomic E-state index is 0.0761. The first-order valence-corrected chi connectivity index (χ1v) is 6.59. The molecule has 2 aromatic carbocycles. The molecular formula is C16H15N3. The standard InChI is InChI=1S/C16H15N3/c17-12-7-5-11(6-8-12)16(9-10-16)15-18-13-3-1-2-4-14(13)19-15/h1-8H,9-10,17H2,(H,18,19). The SMILES string of the molecule is Nc1ccc(C2(c3nc4ccccc4[nH]3)CC2)cc1. The molecular weight excluding hydrogens is 234 g/mol. The average molecular weight is 249 g/mol. The summed E-state index contributed by atoms with van der Waals surface area (Å²) < 4.78 is 0. The molecule has 0 bridgehead atoms. The predicted octanol–water partition coefficient (Wildman–Crippen LogP) is 3.23. The van der Waals surface area contributed by atoms with Gasteiger partial charge in [-0.2, -0.15) is 0 Å². The second kappa shape index (κ2) is 3.60. The van der Waals surface area contributed by atoms with Crippen LogP contribution in [0.25, 0.3) is 11.0 Å². The van der Waals surface area contributed by atoms with Crippen molar-refractivity contribution in [3.8, 4) is 0 Å². The number of benzene rings is 2. The maximum Gasteiger partial charge on any atom is 0.117 e. The molecule has 1 heterocycles. The Morgan fingerprint density at radius 3 is 2.42 bits per heavy atom. The highest BCUT2D eigenvalue weighted by molar-refractivity contribution is 5.75. The van der Waals surface area contributed by atoms with Crippen molar-refractivity contribution < 1.29 is 0 Å². The van der Waals surface area contributed by atoms with Crippen LogP contribution < -0.4 is 5.73 Å². The van der Waals surface area contributed by atoms with Crippen LogP contribution in [0.15, 0.2) is 48.5 Å². The molecule has 0 radical (unpaired) electrons. The first-order chi connectivity index (χ1) is 9.28. The number of nitrogens with zero attached hydrogens (tertiary/aromatic N) is 1. The minimum Gasteiger partial charge on any atom is -0.399 e. The van der Waals surface area contributed by atoms with Gasteiger partial charge in [0.05, 0.1) is 16.4 Å². The van der Waals surface area contributed by atoms with Gasteiger partial charge in [0, 0.05) is 5.69 Å². The third-order valence-corrected chi connectivity index (χ3v) is 4.06. The largest absolute Gasteiger partial charge is 0.399 e. The Morgan fingerprint density at radius 2 is 1.74 bits per heavy atom. The van der Waals surface area contributed by atoms with Gasteiger partial charge in [0.25, 0.3) is 0 Å². The minimum atomic E-state index is 0.0761. The number of hydrogen-bond acceptors (Lipinski definition) is 2. The highest BCUT2D eigenvalue weighted by Crippen LogP contribution is 2.52. The first kappa shape index (κ1) is 10.6. The number of rotatable bonds is 2. The summed E-state index contributed by atoms with van der Waals surface area (Å²) in [6.07, 6.45) is 2.30. The van der Waals surface area contributed by atoms with Crippen LogP contribution in [0.3, 0.4) is 0 Å². The van der Waals surface area contributed by atoms with E-state index >= 15 is 0 Å². The second-order valence-electron chi connectivity index (χ2n) is 5.31. The Bertz CT molecular complexity index is 703. The van der Waals surface area contributed by atoms with Crippen molar-refractivity contribution in [3.63, 3.8) is 0 Å². The molecule has 1 aliphatic carbocycles. The number of hydrogen-bond donors (Lipinski definition) is 2. The fraction of sp³-hybridized carbons (Fsp3) is 0.188.